The van der Waals surface area contributed by atoms with Gasteiger partial charge in [0.2, 0.25) is 0 Å². The highest BCUT2D eigenvalue weighted by atomic mass is 79.9. The normalized spacial score (nSPS) is 23.6. The van der Waals surface area contributed by atoms with E-state index in [0.29, 0.717) is 58.4 Å². The molecule has 2 aliphatic heterocycles. The second-order valence-corrected chi connectivity index (χ2v) is 18.2. The Morgan fingerprint density at radius 3 is 2.45 bits per heavy atom. The number of aliphatic hydroxyl groups is 1. The Kier molecular flexibility index (Phi) is 10.4. The SMILES string of the molecule is O=C(c1ccccc1)N1Cc2cc(OCC3CC3)c(Br)c3c2C2(C[C@H]1CO)[C@@H](C/C(=N/NS(=O)(=O)c1ccc([N+](=O)[O-])cc1)C[C@H]2SCc1ccccc1)O3. The van der Waals surface area contributed by atoms with Gasteiger partial charge in [-0.25, -0.2) is 4.83 Å². The molecule has 4 atom stereocenters. The molecule has 4 aromatic rings. The van der Waals surface area contributed by atoms with Crippen LogP contribution in [0.5, 0.6) is 11.5 Å². The number of thioether (sulfide) groups is 1. The molecule has 2 N–H and O–H groups in total. The third-order valence-corrected chi connectivity index (χ3v) is 14.4. The standard InChI is InChI=1S/C40H39BrN4O8S2/c41-37-33(52-23-25-11-12-25)17-28-21-44(39(47)27-9-5-2-6-10-27)31(22-46)20-40-34(53-38(37)36(28)40)18-29(19-35(40)54-24-26-7-3-1-4-8-26)42-43-55(50,51)32-15-13-30(14-16-32)45(48)49/h1-10,13-17,25,31,34-35,43,46H,11-12,18-24H2/b42-29-/t31-,34+,35+,40?/m0/s1. The Balaban J connectivity index is 1.21. The number of carbonyl (C=O) groups is 1. The largest absolute Gasteiger partial charge is 0.492 e. The number of nitrogens with one attached hydrogen (secondary N) is 1. The van der Waals surface area contributed by atoms with E-state index < -0.39 is 32.5 Å². The smallest absolute Gasteiger partial charge is 0.276 e. The molecule has 1 unspecified atom stereocenters. The number of nitro groups is 1. The number of carbonyl (C=O) groups excluding carboxylic acids is 1. The van der Waals surface area contributed by atoms with Crippen molar-refractivity contribution < 1.29 is 32.7 Å². The van der Waals surface area contributed by atoms with Gasteiger partial charge < -0.3 is 19.5 Å². The number of aliphatic hydroxyl groups excluding tert-OH is 1. The molecular weight excluding hydrogens is 808 g/mol. The minimum Gasteiger partial charge on any atom is -0.492 e. The molecule has 4 aliphatic rings. The van der Waals surface area contributed by atoms with Gasteiger partial charge in [0, 0.05) is 59.4 Å². The second kappa shape index (κ2) is 15.2. The van der Waals surface area contributed by atoms with E-state index in [1.54, 1.807) is 28.8 Å². The summed E-state index contributed by atoms with van der Waals surface area (Å²) < 4.78 is 40.8. The average molecular weight is 848 g/mol. The maximum atomic E-state index is 14.3. The van der Waals surface area contributed by atoms with Crippen LogP contribution in [0.25, 0.3) is 0 Å². The van der Waals surface area contributed by atoms with Crippen LogP contribution in [0.3, 0.4) is 0 Å². The number of hydrazone groups is 1. The molecule has 55 heavy (non-hydrogen) atoms. The van der Waals surface area contributed by atoms with Gasteiger partial charge in [0.15, 0.2) is 0 Å². The molecule has 4 aromatic carbocycles. The predicted octanol–water partition coefficient (Wildman–Crippen LogP) is 6.98. The van der Waals surface area contributed by atoms with Crippen molar-refractivity contribution >= 4 is 55.0 Å². The van der Waals surface area contributed by atoms with Crippen LogP contribution in [0.1, 0.15) is 59.2 Å². The first-order valence-electron chi connectivity index (χ1n) is 18.2. The van der Waals surface area contributed by atoms with E-state index in [1.165, 1.54) is 12.1 Å². The highest BCUT2D eigenvalue weighted by molar-refractivity contribution is 9.10. The van der Waals surface area contributed by atoms with E-state index in [0.717, 1.165) is 41.7 Å². The molecule has 2 heterocycles. The maximum Gasteiger partial charge on any atom is 0.276 e. The van der Waals surface area contributed by atoms with E-state index in [9.17, 15) is 28.4 Å². The molecule has 0 aromatic heterocycles. The number of ether oxygens (including phenoxy) is 2. The number of benzene rings is 4. The summed E-state index contributed by atoms with van der Waals surface area (Å²) in [6, 6.07) is 25.2. The summed E-state index contributed by atoms with van der Waals surface area (Å²) in [5.74, 6) is 2.22. The van der Waals surface area contributed by atoms with E-state index in [1.807, 2.05) is 42.5 Å². The summed E-state index contributed by atoms with van der Waals surface area (Å²) in [5.41, 5.74) is 3.14. The fourth-order valence-corrected chi connectivity index (χ4v) is 10.9. The molecule has 12 nitrogen and oxygen atoms in total. The molecule has 1 amide bonds. The van der Waals surface area contributed by atoms with E-state index in [4.69, 9.17) is 9.47 Å². The van der Waals surface area contributed by atoms with Crippen LogP contribution in [0, 0.1) is 16.0 Å². The molecular formula is C40H39BrN4O8S2. The zero-order chi connectivity index (χ0) is 38.3. The van der Waals surface area contributed by atoms with Crippen molar-refractivity contribution in [1.29, 1.82) is 0 Å². The number of halogens is 1. The molecule has 8 rings (SSSR count). The van der Waals surface area contributed by atoms with Crippen LogP contribution in [-0.4, -0.2) is 65.6 Å². The summed E-state index contributed by atoms with van der Waals surface area (Å²) in [5, 5.41) is 26.5. The van der Waals surface area contributed by atoms with Crippen molar-refractivity contribution in [3.63, 3.8) is 0 Å². The summed E-state index contributed by atoms with van der Waals surface area (Å²) >= 11 is 5.56. The fraction of sp³-hybridized carbons (Fsp3) is 0.350. The van der Waals surface area contributed by atoms with Crippen LogP contribution in [0.2, 0.25) is 0 Å². The number of amides is 1. The van der Waals surface area contributed by atoms with Crippen LogP contribution in [0.15, 0.2) is 105 Å². The first-order valence-corrected chi connectivity index (χ1v) is 21.5. The van der Waals surface area contributed by atoms with Gasteiger partial charge in [-0.1, -0.05) is 48.5 Å². The topological polar surface area (TPSA) is 161 Å². The Bertz CT molecular complexity index is 2240. The molecule has 0 bridgehead atoms. The van der Waals surface area contributed by atoms with Gasteiger partial charge in [0.05, 0.1) is 34.5 Å². The molecule has 1 spiro atoms. The summed E-state index contributed by atoms with van der Waals surface area (Å²) in [6.07, 6.45) is 2.77. The minimum atomic E-state index is -4.16. The lowest BCUT2D eigenvalue weighted by atomic mass is 9.64. The number of nitrogens with zero attached hydrogens (tertiary/aromatic N) is 3. The van der Waals surface area contributed by atoms with Crippen molar-refractivity contribution in [1.82, 2.24) is 9.73 Å². The molecule has 15 heteroatoms. The minimum absolute atomic E-state index is 0.153. The lowest BCUT2D eigenvalue weighted by molar-refractivity contribution is -0.384. The fourth-order valence-electron chi connectivity index (χ4n) is 8.02. The van der Waals surface area contributed by atoms with Gasteiger partial charge in [0.1, 0.15) is 22.1 Å². The van der Waals surface area contributed by atoms with Crippen LogP contribution >= 0.6 is 27.7 Å². The summed E-state index contributed by atoms with van der Waals surface area (Å²) in [4.78, 5) is 28.8. The third kappa shape index (κ3) is 7.34. The number of hydrogen-bond acceptors (Lipinski definition) is 10. The van der Waals surface area contributed by atoms with Crippen LogP contribution in [-0.2, 0) is 27.7 Å². The van der Waals surface area contributed by atoms with Crippen LogP contribution < -0.4 is 14.3 Å². The molecule has 286 valence electrons. The third-order valence-electron chi connectivity index (χ3n) is 11.0. The monoisotopic (exact) mass is 846 g/mol. The van der Waals surface area contributed by atoms with Gasteiger partial charge in [-0.15, -0.1) is 0 Å². The van der Waals surface area contributed by atoms with Crippen LogP contribution in [0.4, 0.5) is 5.69 Å². The Morgan fingerprint density at radius 2 is 1.78 bits per heavy atom. The maximum absolute atomic E-state index is 14.3. The lowest BCUT2D eigenvalue weighted by Gasteiger charge is -2.46. The average Bonchev–Trinajstić information content (AvgIpc) is 3.99. The van der Waals surface area contributed by atoms with Gasteiger partial charge in [-0.2, -0.15) is 25.3 Å². The van der Waals surface area contributed by atoms with Gasteiger partial charge >= 0.3 is 0 Å². The summed E-state index contributed by atoms with van der Waals surface area (Å²) in [6.45, 7) is 0.533. The molecule has 0 saturated heterocycles. The zero-order valence-corrected chi connectivity index (χ0v) is 32.9. The highest BCUT2D eigenvalue weighted by Gasteiger charge is 2.61. The molecule has 2 saturated carbocycles. The van der Waals surface area contributed by atoms with E-state index >= 15 is 0 Å². The number of non-ortho nitro benzene ring substituents is 1. The van der Waals surface area contributed by atoms with Crippen molar-refractivity contribution in [3.8, 4) is 11.5 Å². The number of hydrogen-bond donors (Lipinski definition) is 2. The second-order valence-electron chi connectivity index (χ2n) is 14.5. The van der Waals surface area contributed by atoms with E-state index in [-0.39, 0.29) is 41.3 Å². The van der Waals surface area contributed by atoms with Crippen molar-refractivity contribution in [2.24, 2.45) is 11.0 Å². The van der Waals surface area contributed by atoms with Crippen molar-refractivity contribution in [2.75, 3.05) is 13.2 Å². The molecule has 2 fully saturated rings. The summed E-state index contributed by atoms with van der Waals surface area (Å²) in [7, 11) is -4.16. The van der Waals surface area contributed by atoms with Gasteiger partial charge in [-0.05, 0) is 82.6 Å². The Morgan fingerprint density at radius 1 is 1.07 bits per heavy atom. The predicted molar refractivity (Wildman–Crippen MR) is 212 cm³/mol. The lowest BCUT2D eigenvalue weighted by Crippen LogP contribution is -2.55. The number of rotatable bonds is 12. The zero-order valence-electron chi connectivity index (χ0n) is 29.7. The quantitative estimate of drug-likeness (QED) is 0.113. The highest BCUT2D eigenvalue weighted by Crippen LogP contribution is 2.61. The Labute approximate surface area is 331 Å². The molecule has 0 radical (unpaired) electrons. The van der Waals surface area contributed by atoms with Crippen molar-refractivity contribution in [3.05, 3.63) is 128 Å². The first kappa shape index (κ1) is 37.5. The van der Waals surface area contributed by atoms with Gasteiger partial charge in [0.25, 0.3) is 21.6 Å². The number of nitro benzene ring substituents is 1. The first-order chi connectivity index (χ1) is 26.6. The van der Waals surface area contributed by atoms with Crippen molar-refractivity contribution in [2.45, 2.75) is 72.1 Å². The number of sulfonamides is 1. The molecule has 2 aliphatic carbocycles. The Hall–Kier alpha value is -4.44. The van der Waals surface area contributed by atoms with E-state index in [2.05, 4.69) is 38.0 Å². The van der Waals surface area contributed by atoms with Gasteiger partial charge in [-0.3, -0.25) is 14.9 Å².